The Hall–Kier alpha value is -0.770. The number of aliphatic carboxylic acids is 1. The molecule has 0 aliphatic heterocycles. The fourth-order valence-electron chi connectivity index (χ4n) is 1.25. The summed E-state index contributed by atoms with van der Waals surface area (Å²) in [6.45, 7) is 0.414. The van der Waals surface area contributed by atoms with Gasteiger partial charge in [0.1, 0.15) is 0 Å². The van der Waals surface area contributed by atoms with Gasteiger partial charge in [0.15, 0.2) is 0 Å². The van der Waals surface area contributed by atoms with E-state index in [2.05, 4.69) is 5.32 Å². The average molecular weight is 250 g/mol. The van der Waals surface area contributed by atoms with E-state index < -0.39 is 11.9 Å². The van der Waals surface area contributed by atoms with Gasteiger partial charge in [-0.25, -0.2) is 0 Å². The van der Waals surface area contributed by atoms with Crippen molar-refractivity contribution >= 4 is 30.0 Å². The zero-order chi connectivity index (χ0) is 10.6. The molecule has 0 spiro atoms. The van der Waals surface area contributed by atoms with Crippen molar-refractivity contribution < 1.29 is 9.90 Å². The van der Waals surface area contributed by atoms with Gasteiger partial charge in [-0.1, -0.05) is 23.7 Å². The quantitative estimate of drug-likeness (QED) is 0.860. The van der Waals surface area contributed by atoms with Gasteiger partial charge in [0, 0.05) is 11.6 Å². The molecule has 1 aromatic rings. The number of carboxylic acid groups (broad SMARTS) is 1. The van der Waals surface area contributed by atoms with Crippen LogP contribution in [0.2, 0.25) is 5.02 Å². The smallest absolute Gasteiger partial charge is 0.312 e. The summed E-state index contributed by atoms with van der Waals surface area (Å²) in [6.07, 6.45) is 0. The average Bonchev–Trinajstić information content (AvgIpc) is 2.15. The fraction of sp³-hybridized carbons (Fsp3) is 0.300. The molecular weight excluding hydrogens is 237 g/mol. The maximum atomic E-state index is 10.9. The van der Waals surface area contributed by atoms with E-state index in [1.165, 1.54) is 0 Å². The first-order valence-electron chi connectivity index (χ1n) is 4.28. The lowest BCUT2D eigenvalue weighted by Crippen LogP contribution is -2.23. The van der Waals surface area contributed by atoms with E-state index in [4.69, 9.17) is 16.7 Å². The summed E-state index contributed by atoms with van der Waals surface area (Å²) in [5.41, 5.74) is 0.760. The third-order valence-electron chi connectivity index (χ3n) is 1.98. The van der Waals surface area contributed by atoms with Gasteiger partial charge in [0.05, 0.1) is 5.92 Å². The Morgan fingerprint density at radius 1 is 1.47 bits per heavy atom. The number of benzene rings is 1. The minimum Gasteiger partial charge on any atom is -0.481 e. The van der Waals surface area contributed by atoms with Crippen molar-refractivity contribution in [3.8, 4) is 0 Å². The molecule has 0 fully saturated rings. The second-order valence-electron chi connectivity index (χ2n) is 3.00. The molecule has 5 heteroatoms. The molecule has 0 radical (unpaired) electrons. The molecule has 0 saturated carbocycles. The van der Waals surface area contributed by atoms with Crippen molar-refractivity contribution in [1.82, 2.24) is 5.32 Å². The predicted octanol–water partition coefficient (Wildman–Crippen LogP) is 2.15. The monoisotopic (exact) mass is 249 g/mol. The number of rotatable bonds is 4. The maximum absolute atomic E-state index is 10.9. The Balaban J connectivity index is 0.00000196. The zero-order valence-electron chi connectivity index (χ0n) is 8.24. The van der Waals surface area contributed by atoms with Crippen LogP contribution in [0.5, 0.6) is 0 Å². The second-order valence-corrected chi connectivity index (χ2v) is 3.44. The third-order valence-corrected chi connectivity index (χ3v) is 2.23. The summed E-state index contributed by atoms with van der Waals surface area (Å²) >= 11 is 5.71. The lowest BCUT2D eigenvalue weighted by Gasteiger charge is -2.11. The summed E-state index contributed by atoms with van der Waals surface area (Å²) in [7, 11) is 1.73. The molecule has 0 bridgehead atoms. The van der Waals surface area contributed by atoms with Crippen molar-refractivity contribution in [2.45, 2.75) is 5.92 Å². The number of halogens is 2. The van der Waals surface area contributed by atoms with Crippen LogP contribution in [0.1, 0.15) is 11.5 Å². The minimum absolute atomic E-state index is 0. The normalized spacial score (nSPS) is 11.6. The van der Waals surface area contributed by atoms with Crippen LogP contribution >= 0.6 is 24.0 Å². The molecular formula is C10H13Cl2NO2. The molecule has 2 N–H and O–H groups in total. The molecule has 15 heavy (non-hydrogen) atoms. The van der Waals surface area contributed by atoms with Gasteiger partial charge in [-0.15, -0.1) is 12.4 Å². The second kappa shape index (κ2) is 6.67. The van der Waals surface area contributed by atoms with Crippen LogP contribution in [0.4, 0.5) is 0 Å². The lowest BCUT2D eigenvalue weighted by molar-refractivity contribution is -0.138. The van der Waals surface area contributed by atoms with E-state index in [9.17, 15) is 4.79 Å². The lowest BCUT2D eigenvalue weighted by atomic mass is 9.99. The molecule has 1 atom stereocenters. The van der Waals surface area contributed by atoms with E-state index in [1.54, 1.807) is 31.3 Å². The van der Waals surface area contributed by atoms with Gasteiger partial charge in [0.2, 0.25) is 0 Å². The molecule has 0 amide bonds. The van der Waals surface area contributed by atoms with Crippen LogP contribution in [-0.4, -0.2) is 24.7 Å². The molecule has 84 valence electrons. The summed E-state index contributed by atoms with van der Waals surface area (Å²) < 4.78 is 0. The Kier molecular flexibility index (Phi) is 6.32. The van der Waals surface area contributed by atoms with Gasteiger partial charge in [-0.05, 0) is 24.7 Å². The topological polar surface area (TPSA) is 49.3 Å². The summed E-state index contributed by atoms with van der Waals surface area (Å²) in [4.78, 5) is 10.9. The molecule has 0 aromatic heterocycles. The molecule has 0 saturated heterocycles. The Morgan fingerprint density at radius 2 is 2.00 bits per heavy atom. The summed E-state index contributed by atoms with van der Waals surface area (Å²) in [6, 6.07) is 6.86. The van der Waals surface area contributed by atoms with Crippen LogP contribution in [0.15, 0.2) is 24.3 Å². The largest absolute Gasteiger partial charge is 0.481 e. The van der Waals surface area contributed by atoms with Crippen LogP contribution < -0.4 is 5.32 Å². The number of carbonyl (C=O) groups is 1. The van der Waals surface area contributed by atoms with E-state index >= 15 is 0 Å². The van der Waals surface area contributed by atoms with Gasteiger partial charge < -0.3 is 10.4 Å². The van der Waals surface area contributed by atoms with Crippen LogP contribution in [0, 0.1) is 0 Å². The number of hydrogen-bond donors (Lipinski definition) is 2. The van der Waals surface area contributed by atoms with E-state index in [0.29, 0.717) is 11.6 Å². The van der Waals surface area contributed by atoms with Crippen molar-refractivity contribution in [1.29, 1.82) is 0 Å². The number of nitrogens with one attached hydrogen (secondary N) is 1. The Morgan fingerprint density at radius 3 is 2.40 bits per heavy atom. The van der Waals surface area contributed by atoms with Crippen molar-refractivity contribution in [3.63, 3.8) is 0 Å². The molecule has 0 heterocycles. The minimum atomic E-state index is -0.832. The summed E-state index contributed by atoms with van der Waals surface area (Å²) in [5.74, 6) is -1.35. The molecule has 0 aliphatic carbocycles. The molecule has 1 rings (SSSR count). The van der Waals surface area contributed by atoms with E-state index in [0.717, 1.165) is 5.56 Å². The van der Waals surface area contributed by atoms with Crippen molar-refractivity contribution in [2.75, 3.05) is 13.6 Å². The zero-order valence-corrected chi connectivity index (χ0v) is 9.81. The predicted molar refractivity (Wildman–Crippen MR) is 63.0 cm³/mol. The Labute approximate surface area is 99.9 Å². The van der Waals surface area contributed by atoms with E-state index in [-0.39, 0.29) is 12.4 Å². The van der Waals surface area contributed by atoms with Gasteiger partial charge >= 0.3 is 5.97 Å². The van der Waals surface area contributed by atoms with Gasteiger partial charge in [-0.2, -0.15) is 0 Å². The standard InChI is InChI=1S/C10H12ClNO2.ClH/c1-12-6-9(10(13)14)7-2-4-8(11)5-3-7;/h2-5,9,12H,6H2,1H3,(H,13,14);1H/t9-;/m1./s1. The maximum Gasteiger partial charge on any atom is 0.312 e. The highest BCUT2D eigenvalue weighted by Crippen LogP contribution is 2.18. The fourth-order valence-corrected chi connectivity index (χ4v) is 1.37. The van der Waals surface area contributed by atoms with Gasteiger partial charge in [-0.3, -0.25) is 4.79 Å². The van der Waals surface area contributed by atoms with Gasteiger partial charge in [0.25, 0.3) is 0 Å². The van der Waals surface area contributed by atoms with Crippen LogP contribution in [-0.2, 0) is 4.79 Å². The number of hydrogen-bond acceptors (Lipinski definition) is 2. The first kappa shape index (κ1) is 14.2. The Bertz CT molecular complexity index is 314. The first-order chi connectivity index (χ1) is 6.65. The molecule has 1 aromatic carbocycles. The van der Waals surface area contributed by atoms with Crippen molar-refractivity contribution in [3.05, 3.63) is 34.9 Å². The first-order valence-corrected chi connectivity index (χ1v) is 4.66. The highest BCUT2D eigenvalue weighted by molar-refractivity contribution is 6.30. The SMILES string of the molecule is CNC[C@@H](C(=O)O)c1ccc(Cl)cc1.Cl. The van der Waals surface area contributed by atoms with E-state index in [1.807, 2.05) is 0 Å². The molecule has 0 aliphatic rings. The van der Waals surface area contributed by atoms with Crippen LogP contribution in [0.3, 0.4) is 0 Å². The number of carboxylic acids is 1. The number of likely N-dealkylation sites (N-methyl/N-ethyl adjacent to an activating group) is 1. The summed E-state index contributed by atoms with van der Waals surface area (Å²) in [5, 5.41) is 12.4. The molecule has 3 nitrogen and oxygen atoms in total. The highest BCUT2D eigenvalue weighted by atomic mass is 35.5. The molecule has 0 unspecified atom stereocenters. The van der Waals surface area contributed by atoms with Crippen LogP contribution in [0.25, 0.3) is 0 Å². The third kappa shape index (κ3) is 4.08. The van der Waals surface area contributed by atoms with Crippen molar-refractivity contribution in [2.24, 2.45) is 0 Å². The highest BCUT2D eigenvalue weighted by Gasteiger charge is 2.18.